The van der Waals surface area contributed by atoms with Gasteiger partial charge in [0.15, 0.2) is 10.9 Å². The highest BCUT2D eigenvalue weighted by Crippen LogP contribution is 2.22. The number of Topliss-reactive ketones (excluding diaryl/α,β-unsaturated/α-hetero) is 1. The van der Waals surface area contributed by atoms with Crippen molar-refractivity contribution in [2.75, 3.05) is 43.6 Å². The Labute approximate surface area is 151 Å². The predicted octanol–water partition coefficient (Wildman–Crippen LogP) is 2.03. The van der Waals surface area contributed by atoms with Crippen LogP contribution in [0.1, 0.15) is 17.3 Å². The first-order valence-corrected chi connectivity index (χ1v) is 9.23. The Bertz CT molecular complexity index is 728. The van der Waals surface area contributed by atoms with Crippen molar-refractivity contribution >= 4 is 23.5 Å². The van der Waals surface area contributed by atoms with Crippen LogP contribution in [-0.4, -0.2) is 59.2 Å². The third-order valence-electron chi connectivity index (χ3n) is 3.94. The molecule has 0 atom stereocenters. The topological polar surface area (TPSA) is 69.5 Å². The third kappa shape index (κ3) is 4.32. The summed E-state index contributed by atoms with van der Waals surface area (Å²) >= 11 is 1.59. The number of para-hydroxylation sites is 1. The molecule has 0 aliphatic carbocycles. The number of ketones is 1. The highest BCUT2D eigenvalue weighted by atomic mass is 32.2. The summed E-state index contributed by atoms with van der Waals surface area (Å²) in [6.45, 7) is 5.15. The second-order valence-corrected chi connectivity index (χ2v) is 6.75. The normalized spacial score (nSPS) is 14.6. The van der Waals surface area contributed by atoms with Crippen molar-refractivity contribution in [1.29, 1.82) is 0 Å². The Balaban J connectivity index is 1.53. The molecule has 0 amide bonds. The largest absolute Gasteiger partial charge is 0.492 e. The van der Waals surface area contributed by atoms with E-state index in [0.29, 0.717) is 17.9 Å². The number of morpholine rings is 1. The lowest BCUT2D eigenvalue weighted by molar-refractivity contribution is 0.101. The number of thioether (sulfide) groups is 1. The van der Waals surface area contributed by atoms with Crippen molar-refractivity contribution in [2.45, 2.75) is 12.1 Å². The van der Waals surface area contributed by atoms with E-state index in [9.17, 15) is 4.79 Å². The molecule has 0 spiro atoms. The molecule has 0 N–H and O–H groups in total. The Hall–Kier alpha value is -2.06. The van der Waals surface area contributed by atoms with E-state index in [1.165, 1.54) is 0 Å². The van der Waals surface area contributed by atoms with Gasteiger partial charge in [0.1, 0.15) is 5.75 Å². The molecule has 25 heavy (non-hydrogen) atoms. The van der Waals surface area contributed by atoms with Crippen LogP contribution in [0.5, 0.6) is 5.75 Å². The maximum absolute atomic E-state index is 11.6. The van der Waals surface area contributed by atoms with Crippen molar-refractivity contribution in [3.05, 3.63) is 29.8 Å². The summed E-state index contributed by atoms with van der Waals surface area (Å²) in [6.07, 6.45) is 0. The van der Waals surface area contributed by atoms with Gasteiger partial charge in [0.05, 0.1) is 25.4 Å². The van der Waals surface area contributed by atoms with Crippen LogP contribution < -0.4 is 9.64 Å². The summed E-state index contributed by atoms with van der Waals surface area (Å²) < 4.78 is 13.1. The van der Waals surface area contributed by atoms with Gasteiger partial charge in [-0.3, -0.25) is 9.36 Å². The number of benzene rings is 1. The number of hydrogen-bond donors (Lipinski definition) is 0. The van der Waals surface area contributed by atoms with Crippen molar-refractivity contribution in [1.82, 2.24) is 14.8 Å². The molecule has 1 aromatic heterocycles. The SMILES string of the molecule is CC(=O)c1ccccc1OCCSc1nnc(N2CCOCC2)n1C. The van der Waals surface area contributed by atoms with Gasteiger partial charge in [0, 0.05) is 25.9 Å². The molecule has 1 aliphatic heterocycles. The summed E-state index contributed by atoms with van der Waals surface area (Å²) in [5.74, 6) is 2.23. The van der Waals surface area contributed by atoms with Crippen LogP contribution in [0.25, 0.3) is 0 Å². The molecule has 0 radical (unpaired) electrons. The molecule has 1 fully saturated rings. The molecule has 0 saturated carbocycles. The summed E-state index contributed by atoms with van der Waals surface area (Å²) in [7, 11) is 1.97. The highest BCUT2D eigenvalue weighted by Gasteiger charge is 2.18. The molecule has 2 heterocycles. The molecular formula is C17H22N4O3S. The van der Waals surface area contributed by atoms with Gasteiger partial charge >= 0.3 is 0 Å². The van der Waals surface area contributed by atoms with Crippen LogP contribution >= 0.6 is 11.8 Å². The highest BCUT2D eigenvalue weighted by molar-refractivity contribution is 7.99. The maximum Gasteiger partial charge on any atom is 0.227 e. The molecule has 8 heteroatoms. The first-order chi connectivity index (χ1) is 12.2. The van der Waals surface area contributed by atoms with E-state index in [1.54, 1.807) is 24.8 Å². The summed E-state index contributed by atoms with van der Waals surface area (Å²) in [6, 6.07) is 7.31. The average molecular weight is 362 g/mol. The van der Waals surface area contributed by atoms with E-state index in [4.69, 9.17) is 9.47 Å². The summed E-state index contributed by atoms with van der Waals surface area (Å²) in [5, 5.41) is 9.41. The zero-order valence-corrected chi connectivity index (χ0v) is 15.3. The molecule has 2 aromatic rings. The van der Waals surface area contributed by atoms with Gasteiger partial charge in [-0.2, -0.15) is 0 Å². The minimum atomic E-state index is 0.00621. The second kappa shape index (κ2) is 8.35. The van der Waals surface area contributed by atoms with Crippen molar-refractivity contribution < 1.29 is 14.3 Å². The van der Waals surface area contributed by atoms with Gasteiger partial charge in [0.2, 0.25) is 5.95 Å². The number of carbonyl (C=O) groups excluding carboxylic acids is 1. The van der Waals surface area contributed by atoms with Crippen molar-refractivity contribution in [3.63, 3.8) is 0 Å². The molecule has 1 aromatic carbocycles. The minimum Gasteiger partial charge on any atom is -0.492 e. The number of carbonyl (C=O) groups is 1. The first-order valence-electron chi connectivity index (χ1n) is 8.24. The third-order valence-corrected chi connectivity index (χ3v) is 4.93. The Morgan fingerprint density at radius 1 is 1.28 bits per heavy atom. The number of ether oxygens (including phenoxy) is 2. The molecule has 0 unspecified atom stereocenters. The number of aromatic nitrogens is 3. The smallest absolute Gasteiger partial charge is 0.227 e. The van der Waals surface area contributed by atoms with Gasteiger partial charge in [-0.25, -0.2) is 0 Å². The molecule has 1 aliphatic rings. The lowest BCUT2D eigenvalue weighted by Crippen LogP contribution is -2.37. The quantitative estimate of drug-likeness (QED) is 0.424. The molecule has 3 rings (SSSR count). The van der Waals surface area contributed by atoms with Gasteiger partial charge in [-0.05, 0) is 19.1 Å². The predicted molar refractivity (Wildman–Crippen MR) is 96.7 cm³/mol. The molecule has 7 nitrogen and oxygen atoms in total. The molecule has 0 bridgehead atoms. The average Bonchev–Trinajstić information content (AvgIpc) is 3.00. The van der Waals surface area contributed by atoms with Crippen LogP contribution in [0.15, 0.2) is 29.4 Å². The standard InChI is InChI=1S/C17H22N4O3S/c1-13(22)14-5-3-4-6-15(14)24-11-12-25-17-19-18-16(20(17)2)21-7-9-23-10-8-21/h3-6H,7-12H2,1-2H3. The molecule has 134 valence electrons. The van der Waals surface area contributed by atoms with Gasteiger partial charge < -0.3 is 14.4 Å². The van der Waals surface area contributed by atoms with Crippen LogP contribution in [0.4, 0.5) is 5.95 Å². The minimum absolute atomic E-state index is 0.00621. The molecular weight excluding hydrogens is 340 g/mol. The lowest BCUT2D eigenvalue weighted by atomic mass is 10.1. The van der Waals surface area contributed by atoms with Crippen LogP contribution in [-0.2, 0) is 11.8 Å². The van der Waals surface area contributed by atoms with E-state index in [2.05, 4.69) is 15.1 Å². The van der Waals surface area contributed by atoms with Gasteiger partial charge in [-0.15, -0.1) is 10.2 Å². The number of rotatable bonds is 7. The van der Waals surface area contributed by atoms with Crippen molar-refractivity contribution in [3.8, 4) is 5.75 Å². The van der Waals surface area contributed by atoms with Gasteiger partial charge in [0.25, 0.3) is 0 Å². The summed E-state index contributed by atoms with van der Waals surface area (Å²) in [5.41, 5.74) is 0.612. The Morgan fingerprint density at radius 3 is 2.80 bits per heavy atom. The number of hydrogen-bond acceptors (Lipinski definition) is 7. The zero-order chi connectivity index (χ0) is 17.6. The van der Waals surface area contributed by atoms with Crippen LogP contribution in [0, 0.1) is 0 Å². The fraction of sp³-hybridized carbons (Fsp3) is 0.471. The fourth-order valence-corrected chi connectivity index (χ4v) is 3.36. The monoisotopic (exact) mass is 362 g/mol. The van der Waals surface area contributed by atoms with E-state index >= 15 is 0 Å². The number of nitrogens with zero attached hydrogens (tertiary/aromatic N) is 4. The zero-order valence-electron chi connectivity index (χ0n) is 14.5. The Kier molecular flexibility index (Phi) is 5.93. The van der Waals surface area contributed by atoms with E-state index in [-0.39, 0.29) is 5.78 Å². The first kappa shape index (κ1) is 17.8. The summed E-state index contributed by atoms with van der Waals surface area (Å²) in [4.78, 5) is 13.8. The lowest BCUT2D eigenvalue weighted by Gasteiger charge is -2.27. The fourth-order valence-electron chi connectivity index (χ4n) is 2.64. The van der Waals surface area contributed by atoms with E-state index < -0.39 is 0 Å². The number of anilines is 1. The van der Waals surface area contributed by atoms with Crippen LogP contribution in [0.2, 0.25) is 0 Å². The van der Waals surface area contributed by atoms with Crippen LogP contribution in [0.3, 0.4) is 0 Å². The molecule has 1 saturated heterocycles. The maximum atomic E-state index is 11.6. The van der Waals surface area contributed by atoms with E-state index in [1.807, 2.05) is 29.8 Å². The Morgan fingerprint density at radius 2 is 2.04 bits per heavy atom. The van der Waals surface area contributed by atoms with Gasteiger partial charge in [-0.1, -0.05) is 23.9 Å². The second-order valence-electron chi connectivity index (χ2n) is 5.69. The van der Waals surface area contributed by atoms with E-state index in [0.717, 1.165) is 43.2 Å². The van der Waals surface area contributed by atoms with Crippen molar-refractivity contribution in [2.24, 2.45) is 7.05 Å².